The van der Waals surface area contributed by atoms with Gasteiger partial charge >= 0.3 is 0 Å². The number of hydrogen-bond donors (Lipinski definition) is 1. The van der Waals surface area contributed by atoms with E-state index >= 15 is 0 Å². The van der Waals surface area contributed by atoms with Crippen molar-refractivity contribution in [3.63, 3.8) is 0 Å². The first-order valence-electron chi connectivity index (χ1n) is 5.51. The third-order valence-electron chi connectivity index (χ3n) is 2.50. The summed E-state index contributed by atoms with van der Waals surface area (Å²) < 4.78 is 1.50. The number of thiazole rings is 1. The van der Waals surface area contributed by atoms with Crippen molar-refractivity contribution in [3.8, 4) is 10.6 Å². The zero-order chi connectivity index (χ0) is 13.2. The zero-order valence-corrected chi connectivity index (χ0v) is 12.6. The second-order valence-electron chi connectivity index (χ2n) is 3.84. The molecule has 0 bridgehead atoms. The molecule has 98 valence electrons. The van der Waals surface area contributed by atoms with Crippen molar-refractivity contribution in [1.29, 1.82) is 0 Å². The molecule has 0 atom stereocenters. The van der Waals surface area contributed by atoms with Crippen molar-refractivity contribution in [3.05, 3.63) is 33.7 Å². The second kappa shape index (κ2) is 5.32. The minimum atomic E-state index is 0.708. The minimum absolute atomic E-state index is 0.708. The Kier molecular flexibility index (Phi) is 3.54. The number of aryl methyl sites for hydroxylation is 1. The summed E-state index contributed by atoms with van der Waals surface area (Å²) in [7, 11) is 0. The molecule has 3 rings (SSSR count). The molecule has 0 aliphatic heterocycles. The van der Waals surface area contributed by atoms with E-state index in [-0.39, 0.29) is 0 Å². The van der Waals surface area contributed by atoms with E-state index in [9.17, 15) is 0 Å². The Morgan fingerprint density at radius 2 is 2.26 bits per heavy atom. The molecule has 0 unspecified atom stereocenters. The van der Waals surface area contributed by atoms with Gasteiger partial charge in [-0.25, -0.2) is 9.66 Å². The van der Waals surface area contributed by atoms with E-state index in [0.717, 1.165) is 16.5 Å². The number of nitrogens with two attached hydrogens (primary N) is 1. The van der Waals surface area contributed by atoms with Crippen molar-refractivity contribution < 1.29 is 0 Å². The predicted octanol–water partition coefficient (Wildman–Crippen LogP) is 2.78. The van der Waals surface area contributed by atoms with E-state index in [2.05, 4.69) is 37.4 Å². The van der Waals surface area contributed by atoms with Crippen LogP contribution in [0.2, 0.25) is 0 Å². The fourth-order valence-corrected chi connectivity index (χ4v) is 3.91. The molecule has 0 saturated heterocycles. The van der Waals surface area contributed by atoms with E-state index < -0.39 is 0 Å². The van der Waals surface area contributed by atoms with E-state index in [1.807, 2.05) is 6.92 Å². The van der Waals surface area contributed by atoms with Crippen molar-refractivity contribution in [2.75, 3.05) is 5.84 Å². The Hall–Kier alpha value is -1.38. The van der Waals surface area contributed by atoms with Crippen LogP contribution in [0.4, 0.5) is 0 Å². The van der Waals surface area contributed by atoms with Crippen LogP contribution in [0.15, 0.2) is 27.4 Å². The Bertz CT molecular complexity index is 670. The van der Waals surface area contributed by atoms with Crippen LogP contribution in [0.3, 0.4) is 0 Å². The summed E-state index contributed by atoms with van der Waals surface area (Å²) in [6, 6.07) is 2.08. The van der Waals surface area contributed by atoms with Gasteiger partial charge in [-0.15, -0.1) is 21.5 Å². The van der Waals surface area contributed by atoms with Crippen molar-refractivity contribution in [1.82, 2.24) is 19.9 Å². The lowest BCUT2D eigenvalue weighted by Crippen LogP contribution is -2.11. The highest BCUT2D eigenvalue weighted by atomic mass is 32.2. The van der Waals surface area contributed by atoms with Gasteiger partial charge in [0.05, 0.1) is 5.69 Å². The van der Waals surface area contributed by atoms with Gasteiger partial charge < -0.3 is 5.84 Å². The Morgan fingerprint density at radius 1 is 1.37 bits per heavy atom. The van der Waals surface area contributed by atoms with Crippen LogP contribution in [0.5, 0.6) is 0 Å². The molecule has 8 heteroatoms. The van der Waals surface area contributed by atoms with Crippen LogP contribution in [0.25, 0.3) is 10.6 Å². The second-order valence-corrected chi connectivity index (χ2v) is 6.43. The number of aromatic nitrogens is 4. The zero-order valence-electron chi connectivity index (χ0n) is 10.1. The van der Waals surface area contributed by atoms with Crippen molar-refractivity contribution >= 4 is 34.4 Å². The lowest BCUT2D eigenvalue weighted by Gasteiger charge is -1.99. The molecule has 0 spiro atoms. The molecule has 0 amide bonds. The highest BCUT2D eigenvalue weighted by Crippen LogP contribution is 2.28. The van der Waals surface area contributed by atoms with Gasteiger partial charge in [0.1, 0.15) is 10.8 Å². The average Bonchev–Trinajstić information content (AvgIpc) is 3.11. The summed E-state index contributed by atoms with van der Waals surface area (Å²) in [5.74, 6) is 7.26. The van der Waals surface area contributed by atoms with Crippen LogP contribution < -0.4 is 5.84 Å². The lowest BCUT2D eigenvalue weighted by atomic mass is 10.4. The molecule has 0 aliphatic carbocycles. The first kappa shape index (κ1) is 12.6. The first-order valence-corrected chi connectivity index (χ1v) is 8.31. The molecule has 0 aliphatic rings. The van der Waals surface area contributed by atoms with Gasteiger partial charge in [0.15, 0.2) is 0 Å². The normalized spacial score (nSPS) is 11.0. The number of thioether (sulfide) groups is 1. The Morgan fingerprint density at radius 3 is 2.95 bits per heavy atom. The smallest absolute Gasteiger partial charge is 0.210 e. The van der Waals surface area contributed by atoms with Gasteiger partial charge in [0.25, 0.3) is 0 Å². The van der Waals surface area contributed by atoms with Gasteiger partial charge in [-0.1, -0.05) is 11.8 Å². The SMILES string of the molecule is Cc1nnc(SCc2csc(-c3ccsc3)n2)n1N. The molecule has 19 heavy (non-hydrogen) atoms. The van der Waals surface area contributed by atoms with Crippen LogP contribution in [-0.4, -0.2) is 19.9 Å². The van der Waals surface area contributed by atoms with Gasteiger partial charge in [0.2, 0.25) is 5.16 Å². The topological polar surface area (TPSA) is 69.6 Å². The highest BCUT2D eigenvalue weighted by Gasteiger charge is 2.09. The van der Waals surface area contributed by atoms with Crippen molar-refractivity contribution in [2.24, 2.45) is 0 Å². The molecule has 0 radical (unpaired) electrons. The number of nitrogens with zero attached hydrogens (tertiary/aromatic N) is 4. The third kappa shape index (κ3) is 2.65. The van der Waals surface area contributed by atoms with Gasteiger partial charge in [-0.05, 0) is 18.4 Å². The molecule has 3 aromatic heterocycles. The fourth-order valence-electron chi connectivity index (χ4n) is 1.48. The molecule has 0 fully saturated rings. The van der Waals surface area contributed by atoms with E-state index in [1.54, 1.807) is 34.4 Å². The number of rotatable bonds is 4. The third-order valence-corrected chi connectivity index (χ3v) is 5.10. The standard InChI is InChI=1S/C11H11N5S3/c1-7-14-15-11(16(7)12)19-6-9-5-18-10(13-9)8-2-3-17-4-8/h2-5H,6,12H2,1H3. The largest absolute Gasteiger partial charge is 0.336 e. The number of nitrogen functional groups attached to an aromatic ring is 1. The lowest BCUT2D eigenvalue weighted by molar-refractivity contribution is 0.825. The molecule has 3 heterocycles. The summed E-state index contributed by atoms with van der Waals surface area (Å²) >= 11 is 4.88. The molecule has 0 aromatic carbocycles. The minimum Gasteiger partial charge on any atom is -0.336 e. The summed E-state index contributed by atoms with van der Waals surface area (Å²) in [6.07, 6.45) is 0. The molecule has 5 nitrogen and oxygen atoms in total. The van der Waals surface area contributed by atoms with E-state index in [1.165, 1.54) is 10.2 Å². The Balaban J connectivity index is 1.69. The molecule has 0 saturated carbocycles. The maximum absolute atomic E-state index is 5.80. The molecule has 2 N–H and O–H groups in total. The van der Waals surface area contributed by atoms with E-state index in [0.29, 0.717) is 11.0 Å². The summed E-state index contributed by atoms with van der Waals surface area (Å²) in [4.78, 5) is 4.61. The first-order chi connectivity index (χ1) is 9.24. The van der Waals surface area contributed by atoms with Crippen LogP contribution >= 0.6 is 34.4 Å². The van der Waals surface area contributed by atoms with Gasteiger partial charge in [-0.2, -0.15) is 11.3 Å². The van der Waals surface area contributed by atoms with Gasteiger partial charge in [0, 0.05) is 22.1 Å². The van der Waals surface area contributed by atoms with Crippen molar-refractivity contribution in [2.45, 2.75) is 17.8 Å². The summed E-state index contributed by atoms with van der Waals surface area (Å²) in [5.41, 5.74) is 2.22. The van der Waals surface area contributed by atoms with Crippen LogP contribution in [-0.2, 0) is 5.75 Å². The van der Waals surface area contributed by atoms with Gasteiger partial charge in [-0.3, -0.25) is 0 Å². The maximum atomic E-state index is 5.80. The fraction of sp³-hybridized carbons (Fsp3) is 0.182. The molecular formula is C11H11N5S3. The monoisotopic (exact) mass is 309 g/mol. The van der Waals surface area contributed by atoms with E-state index in [4.69, 9.17) is 5.84 Å². The summed E-state index contributed by atoms with van der Waals surface area (Å²) in [6.45, 7) is 1.83. The number of hydrogen-bond acceptors (Lipinski definition) is 7. The highest BCUT2D eigenvalue weighted by molar-refractivity contribution is 7.98. The number of thiophene rings is 1. The van der Waals surface area contributed by atoms with Crippen LogP contribution in [0, 0.1) is 6.92 Å². The molecule has 3 aromatic rings. The quantitative estimate of drug-likeness (QED) is 0.593. The maximum Gasteiger partial charge on any atom is 0.210 e. The molecular weight excluding hydrogens is 298 g/mol. The summed E-state index contributed by atoms with van der Waals surface area (Å²) in [5, 5.41) is 15.9. The van der Waals surface area contributed by atoms with Crippen LogP contribution in [0.1, 0.15) is 11.5 Å². The average molecular weight is 309 g/mol. The Labute approximate surface area is 122 Å². The predicted molar refractivity (Wildman–Crippen MR) is 79.9 cm³/mol.